The number of benzene rings is 2. The highest BCUT2D eigenvalue weighted by molar-refractivity contribution is 7.89. The molecule has 0 atom stereocenters. The Bertz CT molecular complexity index is 899. The van der Waals surface area contributed by atoms with Crippen LogP contribution in [0.3, 0.4) is 0 Å². The van der Waals surface area contributed by atoms with Gasteiger partial charge in [-0.1, -0.05) is 12.1 Å². The summed E-state index contributed by atoms with van der Waals surface area (Å²) < 4.78 is 25.3. The molecular weight excluding hydrogens is 346 g/mol. The van der Waals surface area contributed by atoms with Crippen LogP contribution in [0.4, 0.5) is 5.69 Å². The van der Waals surface area contributed by atoms with Crippen LogP contribution in [-0.2, 0) is 10.0 Å². The van der Waals surface area contributed by atoms with Crippen LogP contribution in [0, 0.1) is 6.92 Å². The second-order valence-electron chi connectivity index (χ2n) is 7.05. The largest absolute Gasteiger partial charge is 0.372 e. The lowest BCUT2D eigenvalue weighted by atomic mass is 9.85. The summed E-state index contributed by atoms with van der Waals surface area (Å²) in [6.07, 6.45) is 1.87. The van der Waals surface area contributed by atoms with E-state index in [2.05, 4.69) is 36.2 Å². The van der Waals surface area contributed by atoms with Gasteiger partial charge < -0.3 is 10.2 Å². The van der Waals surface area contributed by atoms with Gasteiger partial charge in [0.1, 0.15) is 0 Å². The summed E-state index contributed by atoms with van der Waals surface area (Å²) in [5, 5.41) is 10.8. The Hall–Kier alpha value is -1.63. The normalized spacial score (nSPS) is 16.2. The van der Waals surface area contributed by atoms with Gasteiger partial charge in [-0.2, -0.15) is 0 Å². The van der Waals surface area contributed by atoms with Gasteiger partial charge in [0.05, 0.1) is 4.90 Å². The predicted octanol–water partition coefficient (Wildman–Crippen LogP) is 3.11. The Kier molecular flexibility index (Phi) is 5.55. The molecule has 1 aliphatic rings. The third kappa shape index (κ3) is 3.46. The van der Waals surface area contributed by atoms with Gasteiger partial charge in [0.15, 0.2) is 0 Å². The third-order valence-corrected chi connectivity index (χ3v) is 6.50. The first-order valence-electron chi connectivity index (χ1n) is 9.43. The highest BCUT2D eigenvalue weighted by Crippen LogP contribution is 2.40. The lowest BCUT2D eigenvalue weighted by molar-refractivity contribution is 0.454. The fourth-order valence-corrected chi connectivity index (χ4v) is 5.40. The molecule has 3 N–H and O–H groups in total. The van der Waals surface area contributed by atoms with E-state index < -0.39 is 10.0 Å². The molecule has 0 spiro atoms. The molecule has 5 nitrogen and oxygen atoms in total. The van der Waals surface area contributed by atoms with E-state index in [0.717, 1.165) is 66.6 Å². The van der Waals surface area contributed by atoms with Gasteiger partial charge in [0.2, 0.25) is 10.0 Å². The van der Waals surface area contributed by atoms with Crippen molar-refractivity contribution in [1.29, 1.82) is 0 Å². The lowest BCUT2D eigenvalue weighted by Crippen LogP contribution is -2.28. The van der Waals surface area contributed by atoms with Gasteiger partial charge in [-0.15, -0.1) is 0 Å². The number of hydrogen-bond acceptors (Lipinski definition) is 4. The van der Waals surface area contributed by atoms with Gasteiger partial charge in [0, 0.05) is 29.5 Å². The van der Waals surface area contributed by atoms with Crippen molar-refractivity contribution >= 4 is 26.5 Å². The van der Waals surface area contributed by atoms with Gasteiger partial charge in [-0.05, 0) is 75.9 Å². The summed E-state index contributed by atoms with van der Waals surface area (Å²) in [6, 6.07) is 8.04. The molecule has 1 fully saturated rings. The number of nitrogens with two attached hydrogens (primary N) is 1. The van der Waals surface area contributed by atoms with E-state index in [0.29, 0.717) is 4.90 Å². The first-order chi connectivity index (χ1) is 12.4. The molecule has 6 heteroatoms. The molecule has 2 aromatic carbocycles. The zero-order valence-electron chi connectivity index (χ0n) is 15.9. The molecule has 2 aromatic rings. The molecule has 0 radical (unpaired) electrons. The number of nitrogens with one attached hydrogen (secondary N) is 1. The van der Waals surface area contributed by atoms with Gasteiger partial charge in [-0.3, -0.25) is 0 Å². The van der Waals surface area contributed by atoms with Crippen molar-refractivity contribution in [3.63, 3.8) is 0 Å². The van der Waals surface area contributed by atoms with Crippen molar-refractivity contribution in [3.05, 3.63) is 35.4 Å². The molecule has 0 amide bonds. The van der Waals surface area contributed by atoms with Crippen LogP contribution in [0.2, 0.25) is 0 Å². The first kappa shape index (κ1) is 19.1. The number of hydrogen-bond donors (Lipinski definition) is 2. The summed E-state index contributed by atoms with van der Waals surface area (Å²) in [7, 11) is -3.83. The molecule has 1 saturated heterocycles. The average Bonchev–Trinajstić information content (AvgIpc) is 2.62. The second-order valence-corrected chi connectivity index (χ2v) is 8.55. The van der Waals surface area contributed by atoms with E-state index in [9.17, 15) is 8.42 Å². The van der Waals surface area contributed by atoms with Crippen LogP contribution in [-0.4, -0.2) is 34.6 Å². The molecule has 3 rings (SSSR count). The van der Waals surface area contributed by atoms with Crippen molar-refractivity contribution in [3.8, 4) is 0 Å². The van der Waals surface area contributed by atoms with Crippen LogP contribution in [0.25, 0.3) is 10.8 Å². The molecule has 1 heterocycles. The van der Waals surface area contributed by atoms with E-state index in [1.54, 1.807) is 0 Å². The minimum atomic E-state index is -3.83. The molecule has 0 aromatic heterocycles. The number of nitrogens with zero attached hydrogens (tertiary/aromatic N) is 1. The van der Waals surface area contributed by atoms with E-state index >= 15 is 0 Å². The number of primary sulfonamides is 1. The maximum atomic E-state index is 12.6. The number of fused-ring (bicyclic) bond motifs is 1. The Morgan fingerprint density at radius 1 is 1.15 bits per heavy atom. The molecule has 0 bridgehead atoms. The Morgan fingerprint density at radius 2 is 1.81 bits per heavy atom. The predicted molar refractivity (Wildman–Crippen MR) is 108 cm³/mol. The van der Waals surface area contributed by atoms with Crippen LogP contribution >= 0.6 is 0 Å². The second kappa shape index (κ2) is 7.55. The zero-order valence-corrected chi connectivity index (χ0v) is 16.7. The molecule has 0 unspecified atom stereocenters. The zero-order chi connectivity index (χ0) is 18.9. The highest BCUT2D eigenvalue weighted by atomic mass is 32.2. The molecule has 1 aliphatic heterocycles. The van der Waals surface area contributed by atoms with Crippen LogP contribution in [0.1, 0.15) is 43.7 Å². The van der Waals surface area contributed by atoms with Crippen LogP contribution in [0.15, 0.2) is 29.2 Å². The molecule has 142 valence electrons. The van der Waals surface area contributed by atoms with Crippen LogP contribution in [0.5, 0.6) is 0 Å². The molecule has 26 heavy (non-hydrogen) atoms. The van der Waals surface area contributed by atoms with Gasteiger partial charge >= 0.3 is 0 Å². The summed E-state index contributed by atoms with van der Waals surface area (Å²) >= 11 is 0. The quantitative estimate of drug-likeness (QED) is 0.842. The number of anilines is 1. The molecule has 0 aliphatic carbocycles. The maximum absolute atomic E-state index is 12.6. The van der Waals surface area contributed by atoms with Crippen molar-refractivity contribution in [2.75, 3.05) is 31.1 Å². The SMILES string of the molecule is CCN(CC)c1cccc2c(S(N)(=O)=O)c(C3CCNCC3)c(C)cc12. The van der Waals surface area contributed by atoms with Crippen LogP contribution < -0.4 is 15.4 Å². The van der Waals surface area contributed by atoms with E-state index in [1.807, 2.05) is 19.1 Å². The highest BCUT2D eigenvalue weighted by Gasteiger charge is 2.28. The topological polar surface area (TPSA) is 75.4 Å². The average molecular weight is 376 g/mol. The van der Waals surface area contributed by atoms with Crippen molar-refractivity contribution in [2.45, 2.75) is 44.4 Å². The Balaban J connectivity index is 2.35. The number of aryl methyl sites for hydroxylation is 1. The monoisotopic (exact) mass is 375 g/mol. The van der Waals surface area contributed by atoms with Crippen molar-refractivity contribution in [1.82, 2.24) is 5.32 Å². The van der Waals surface area contributed by atoms with E-state index in [1.165, 1.54) is 0 Å². The van der Waals surface area contributed by atoms with Crippen molar-refractivity contribution in [2.24, 2.45) is 5.14 Å². The summed E-state index contributed by atoms with van der Waals surface area (Å²) in [5.74, 6) is 0.228. The third-order valence-electron chi connectivity index (χ3n) is 5.49. The fourth-order valence-electron chi connectivity index (χ4n) is 4.29. The van der Waals surface area contributed by atoms with E-state index in [4.69, 9.17) is 5.14 Å². The Labute approximate surface area is 156 Å². The first-order valence-corrected chi connectivity index (χ1v) is 11.0. The number of sulfonamides is 1. The number of rotatable bonds is 5. The lowest BCUT2D eigenvalue weighted by Gasteiger charge is -2.29. The van der Waals surface area contributed by atoms with E-state index in [-0.39, 0.29) is 5.92 Å². The molecular formula is C20H29N3O2S. The summed E-state index contributed by atoms with van der Waals surface area (Å²) in [5.41, 5.74) is 3.00. The Morgan fingerprint density at radius 3 is 2.38 bits per heavy atom. The minimum Gasteiger partial charge on any atom is -0.372 e. The van der Waals surface area contributed by atoms with Crippen molar-refractivity contribution < 1.29 is 8.42 Å². The standard InChI is InChI=1S/C20H29N3O2S/c1-4-23(5-2)18-8-6-7-16-17(18)13-14(3)19(20(16)26(21,24)25)15-9-11-22-12-10-15/h6-8,13,15,22H,4-5,9-12H2,1-3H3,(H2,21,24,25). The van der Waals surface area contributed by atoms with Gasteiger partial charge in [0.25, 0.3) is 0 Å². The van der Waals surface area contributed by atoms with Gasteiger partial charge in [-0.25, -0.2) is 13.6 Å². The number of piperidine rings is 1. The fraction of sp³-hybridized carbons (Fsp3) is 0.500. The summed E-state index contributed by atoms with van der Waals surface area (Å²) in [6.45, 7) is 9.80. The smallest absolute Gasteiger partial charge is 0.238 e. The maximum Gasteiger partial charge on any atom is 0.238 e. The molecule has 0 saturated carbocycles. The summed E-state index contributed by atoms with van der Waals surface area (Å²) in [4.78, 5) is 2.58. The minimum absolute atomic E-state index is 0.228.